The Morgan fingerprint density at radius 2 is 1.86 bits per heavy atom. The normalized spacial score (nSPS) is 10.2. The van der Waals surface area contributed by atoms with Crippen LogP contribution in [0.4, 0.5) is 5.95 Å². The molecular formula is C14H19N5O2. The van der Waals surface area contributed by atoms with Crippen molar-refractivity contribution in [1.82, 2.24) is 19.9 Å². The maximum Gasteiger partial charge on any atom is 0.324 e. The number of anilines is 1. The molecule has 0 aliphatic rings. The van der Waals surface area contributed by atoms with Gasteiger partial charge in [-0.2, -0.15) is 9.97 Å². The fraction of sp³-hybridized carbons (Fsp3) is 0.429. The van der Waals surface area contributed by atoms with E-state index in [0.717, 1.165) is 5.69 Å². The van der Waals surface area contributed by atoms with Crippen LogP contribution >= 0.6 is 0 Å². The molecule has 0 aliphatic heterocycles. The lowest BCUT2D eigenvalue weighted by Crippen LogP contribution is -2.10. The summed E-state index contributed by atoms with van der Waals surface area (Å²) in [6, 6.07) is 6.29. The SMILES string of the molecule is CCNc1nc(OCC)nc(OCCc2ccccn2)n1. The molecule has 0 amide bonds. The largest absolute Gasteiger partial charge is 0.464 e. The molecule has 0 spiro atoms. The summed E-state index contributed by atoms with van der Waals surface area (Å²) in [5, 5.41) is 3.02. The summed E-state index contributed by atoms with van der Waals surface area (Å²) in [4.78, 5) is 16.7. The molecule has 21 heavy (non-hydrogen) atoms. The Hall–Kier alpha value is -2.44. The molecule has 0 fully saturated rings. The van der Waals surface area contributed by atoms with Gasteiger partial charge < -0.3 is 14.8 Å². The van der Waals surface area contributed by atoms with Crippen molar-refractivity contribution >= 4 is 5.95 Å². The second kappa shape index (κ2) is 7.98. The summed E-state index contributed by atoms with van der Waals surface area (Å²) >= 11 is 0. The Bertz CT molecular complexity index is 526. The van der Waals surface area contributed by atoms with Gasteiger partial charge in [-0.3, -0.25) is 4.98 Å². The fourth-order valence-electron chi connectivity index (χ4n) is 1.63. The van der Waals surface area contributed by atoms with E-state index >= 15 is 0 Å². The minimum Gasteiger partial charge on any atom is -0.464 e. The van der Waals surface area contributed by atoms with Crippen molar-refractivity contribution in [3.05, 3.63) is 30.1 Å². The van der Waals surface area contributed by atoms with Crippen LogP contribution < -0.4 is 14.8 Å². The van der Waals surface area contributed by atoms with Crippen molar-refractivity contribution in [2.75, 3.05) is 25.1 Å². The van der Waals surface area contributed by atoms with Gasteiger partial charge in [0, 0.05) is 24.9 Å². The topological polar surface area (TPSA) is 82.1 Å². The monoisotopic (exact) mass is 289 g/mol. The second-order valence-corrected chi connectivity index (χ2v) is 4.11. The van der Waals surface area contributed by atoms with Gasteiger partial charge in [0.05, 0.1) is 13.2 Å². The van der Waals surface area contributed by atoms with E-state index in [9.17, 15) is 0 Å². The van der Waals surface area contributed by atoms with Crippen LogP contribution in [-0.4, -0.2) is 39.7 Å². The van der Waals surface area contributed by atoms with Gasteiger partial charge in [-0.15, -0.1) is 4.98 Å². The zero-order valence-corrected chi connectivity index (χ0v) is 12.2. The summed E-state index contributed by atoms with van der Waals surface area (Å²) in [5.74, 6) is 0.448. The van der Waals surface area contributed by atoms with Crippen molar-refractivity contribution in [2.24, 2.45) is 0 Å². The summed E-state index contributed by atoms with van der Waals surface area (Å²) in [5.41, 5.74) is 0.962. The highest BCUT2D eigenvalue weighted by molar-refractivity contribution is 5.27. The summed E-state index contributed by atoms with van der Waals surface area (Å²) in [6.45, 7) is 5.48. The zero-order chi connectivity index (χ0) is 14.9. The number of nitrogens with one attached hydrogen (secondary N) is 1. The standard InChI is InChI=1S/C14H19N5O2/c1-3-15-12-17-13(20-4-2)19-14(18-12)21-10-8-11-7-5-6-9-16-11/h5-7,9H,3-4,8,10H2,1-2H3,(H,15,17,18,19). The molecule has 0 unspecified atom stereocenters. The molecule has 112 valence electrons. The molecule has 0 bridgehead atoms. The van der Waals surface area contributed by atoms with Crippen LogP contribution in [0.1, 0.15) is 19.5 Å². The number of rotatable bonds is 8. The molecule has 0 radical (unpaired) electrons. The maximum atomic E-state index is 5.56. The lowest BCUT2D eigenvalue weighted by molar-refractivity contribution is 0.271. The van der Waals surface area contributed by atoms with Crippen molar-refractivity contribution < 1.29 is 9.47 Å². The molecule has 0 saturated carbocycles. The van der Waals surface area contributed by atoms with Gasteiger partial charge in [0.1, 0.15) is 0 Å². The van der Waals surface area contributed by atoms with Gasteiger partial charge in [0.2, 0.25) is 5.95 Å². The highest BCUT2D eigenvalue weighted by Crippen LogP contribution is 2.13. The van der Waals surface area contributed by atoms with Crippen molar-refractivity contribution in [3.8, 4) is 12.0 Å². The highest BCUT2D eigenvalue weighted by atomic mass is 16.5. The third-order valence-corrected chi connectivity index (χ3v) is 2.52. The quantitative estimate of drug-likeness (QED) is 0.792. The maximum absolute atomic E-state index is 5.56. The molecule has 0 aliphatic carbocycles. The molecule has 7 heteroatoms. The minimum atomic E-state index is 0.250. The van der Waals surface area contributed by atoms with Crippen molar-refractivity contribution in [3.63, 3.8) is 0 Å². The number of nitrogens with zero attached hydrogens (tertiary/aromatic N) is 4. The van der Waals surface area contributed by atoms with Crippen molar-refractivity contribution in [1.29, 1.82) is 0 Å². The van der Waals surface area contributed by atoms with E-state index in [4.69, 9.17) is 9.47 Å². The van der Waals surface area contributed by atoms with Crippen molar-refractivity contribution in [2.45, 2.75) is 20.3 Å². The van der Waals surface area contributed by atoms with Crippen LogP contribution in [-0.2, 0) is 6.42 Å². The average molecular weight is 289 g/mol. The first kappa shape index (κ1) is 15.0. The third-order valence-electron chi connectivity index (χ3n) is 2.52. The Morgan fingerprint density at radius 3 is 2.52 bits per heavy atom. The van der Waals surface area contributed by atoms with E-state index in [1.165, 1.54) is 0 Å². The highest BCUT2D eigenvalue weighted by Gasteiger charge is 2.08. The van der Waals surface area contributed by atoms with Crippen LogP contribution in [0.3, 0.4) is 0 Å². The van der Waals surface area contributed by atoms with Crippen LogP contribution in [0, 0.1) is 0 Å². The predicted molar refractivity (Wildman–Crippen MR) is 78.6 cm³/mol. The zero-order valence-electron chi connectivity index (χ0n) is 12.2. The summed E-state index contributed by atoms with van der Waals surface area (Å²) in [7, 11) is 0. The smallest absolute Gasteiger partial charge is 0.324 e. The first-order chi connectivity index (χ1) is 10.3. The lowest BCUT2D eigenvalue weighted by atomic mass is 10.3. The van der Waals surface area contributed by atoms with E-state index in [1.54, 1.807) is 6.20 Å². The number of ether oxygens (including phenoxy) is 2. The molecule has 0 atom stereocenters. The van der Waals surface area contributed by atoms with Gasteiger partial charge in [0.25, 0.3) is 0 Å². The van der Waals surface area contributed by atoms with Crippen LogP contribution in [0.2, 0.25) is 0 Å². The minimum absolute atomic E-state index is 0.250. The van der Waals surface area contributed by atoms with E-state index in [-0.39, 0.29) is 12.0 Å². The number of aromatic nitrogens is 4. The molecule has 0 aromatic carbocycles. The summed E-state index contributed by atoms with van der Waals surface area (Å²) in [6.07, 6.45) is 2.45. The van der Waals surface area contributed by atoms with Gasteiger partial charge in [0.15, 0.2) is 0 Å². The number of hydrogen-bond donors (Lipinski definition) is 1. The molecular weight excluding hydrogens is 270 g/mol. The molecule has 1 N–H and O–H groups in total. The third kappa shape index (κ3) is 4.87. The van der Waals surface area contributed by atoms with Gasteiger partial charge in [-0.25, -0.2) is 0 Å². The molecule has 2 rings (SSSR count). The Morgan fingerprint density at radius 1 is 1.05 bits per heavy atom. The summed E-state index contributed by atoms with van der Waals surface area (Å²) < 4.78 is 10.9. The van der Waals surface area contributed by atoms with Crippen LogP contribution in [0.25, 0.3) is 0 Å². The van der Waals surface area contributed by atoms with E-state index in [0.29, 0.717) is 32.1 Å². The Kier molecular flexibility index (Phi) is 5.69. The van der Waals surface area contributed by atoms with Gasteiger partial charge in [-0.05, 0) is 26.0 Å². The predicted octanol–water partition coefficient (Wildman–Crippen LogP) is 1.72. The molecule has 0 saturated heterocycles. The second-order valence-electron chi connectivity index (χ2n) is 4.11. The lowest BCUT2D eigenvalue weighted by Gasteiger charge is -2.08. The first-order valence-corrected chi connectivity index (χ1v) is 6.97. The Labute approximate surface area is 123 Å². The van der Waals surface area contributed by atoms with Gasteiger partial charge >= 0.3 is 12.0 Å². The first-order valence-electron chi connectivity index (χ1n) is 6.97. The number of pyridine rings is 1. The molecule has 2 aromatic heterocycles. The van der Waals surface area contributed by atoms with E-state index in [1.807, 2.05) is 32.0 Å². The molecule has 2 heterocycles. The number of hydrogen-bond acceptors (Lipinski definition) is 7. The average Bonchev–Trinajstić information content (AvgIpc) is 2.49. The van der Waals surface area contributed by atoms with Gasteiger partial charge in [-0.1, -0.05) is 6.07 Å². The van der Waals surface area contributed by atoms with Crippen LogP contribution in [0.15, 0.2) is 24.4 Å². The fourth-order valence-corrected chi connectivity index (χ4v) is 1.63. The van der Waals surface area contributed by atoms with Crippen LogP contribution in [0.5, 0.6) is 12.0 Å². The Balaban J connectivity index is 1.97. The van der Waals surface area contributed by atoms with E-state index < -0.39 is 0 Å². The van der Waals surface area contributed by atoms with E-state index in [2.05, 4.69) is 25.3 Å². The molecule has 2 aromatic rings. The molecule has 7 nitrogen and oxygen atoms in total.